The van der Waals surface area contributed by atoms with Gasteiger partial charge in [-0.2, -0.15) is 0 Å². The quantitative estimate of drug-likeness (QED) is 0.769. The summed E-state index contributed by atoms with van der Waals surface area (Å²) in [6.07, 6.45) is 5.45. The topological polar surface area (TPSA) is 42.2 Å². The van der Waals surface area contributed by atoms with E-state index in [9.17, 15) is 0 Å². The molecule has 0 fully saturated rings. The molecule has 1 rings (SSSR count). The minimum absolute atomic E-state index is 0.399. The van der Waals surface area contributed by atoms with Crippen LogP contribution in [0.2, 0.25) is 5.02 Å². The van der Waals surface area contributed by atoms with E-state index in [0.29, 0.717) is 17.6 Å². The summed E-state index contributed by atoms with van der Waals surface area (Å²) in [6, 6.07) is 2.31. The van der Waals surface area contributed by atoms with Crippen molar-refractivity contribution in [2.45, 2.75) is 52.6 Å². The summed E-state index contributed by atoms with van der Waals surface area (Å²) >= 11 is 6.30. The number of hydrogen-bond acceptors (Lipinski definition) is 3. The van der Waals surface area contributed by atoms with E-state index in [-0.39, 0.29) is 0 Å². The fourth-order valence-electron chi connectivity index (χ4n) is 1.93. The van der Waals surface area contributed by atoms with Crippen molar-refractivity contribution in [3.8, 4) is 0 Å². The van der Waals surface area contributed by atoms with E-state index < -0.39 is 0 Å². The lowest BCUT2D eigenvalue weighted by Gasteiger charge is -2.28. The van der Waals surface area contributed by atoms with Crippen molar-refractivity contribution < 1.29 is 0 Å². The second-order valence-electron chi connectivity index (χ2n) is 4.85. The summed E-state index contributed by atoms with van der Waals surface area (Å²) in [5.41, 5.74) is 6.56. The average Bonchev–Trinajstić information content (AvgIpc) is 2.35. The molecular formula is C14H24ClN3. The molecule has 0 aliphatic carbocycles. The minimum Gasteiger partial charge on any atom is -0.353 e. The Morgan fingerprint density at radius 3 is 2.61 bits per heavy atom. The van der Waals surface area contributed by atoms with Crippen molar-refractivity contribution in [3.05, 3.63) is 22.8 Å². The van der Waals surface area contributed by atoms with Crippen LogP contribution < -0.4 is 10.6 Å². The highest BCUT2D eigenvalue weighted by Crippen LogP contribution is 2.26. The number of nitrogens with two attached hydrogens (primary N) is 1. The molecular weight excluding hydrogens is 246 g/mol. The standard InChI is InChI=1S/C14H24ClN3/c1-4-5-6-7-18(11(2)3)14-13(15)8-12(9-16)10-17-14/h8,10-11H,4-7,9,16H2,1-3H3. The maximum atomic E-state index is 6.30. The van der Waals surface area contributed by atoms with E-state index in [4.69, 9.17) is 17.3 Å². The van der Waals surface area contributed by atoms with Crippen LogP contribution in [0.15, 0.2) is 12.3 Å². The number of halogens is 1. The normalized spacial score (nSPS) is 11.0. The first kappa shape index (κ1) is 15.3. The van der Waals surface area contributed by atoms with Gasteiger partial charge in [-0.25, -0.2) is 4.98 Å². The molecule has 4 heteroatoms. The molecule has 102 valence electrons. The zero-order valence-electron chi connectivity index (χ0n) is 11.6. The summed E-state index contributed by atoms with van der Waals surface area (Å²) in [4.78, 5) is 6.73. The fraction of sp³-hybridized carbons (Fsp3) is 0.643. The number of nitrogens with zero attached hydrogens (tertiary/aromatic N) is 2. The van der Waals surface area contributed by atoms with Crippen molar-refractivity contribution in [2.24, 2.45) is 5.73 Å². The lowest BCUT2D eigenvalue weighted by Crippen LogP contribution is -2.32. The number of pyridine rings is 1. The Labute approximate surface area is 115 Å². The number of unbranched alkanes of at least 4 members (excludes halogenated alkanes) is 2. The third kappa shape index (κ3) is 4.14. The Hall–Kier alpha value is -0.800. The SMILES string of the molecule is CCCCCN(c1ncc(CN)cc1Cl)C(C)C. The van der Waals surface area contributed by atoms with Gasteiger partial charge in [0.1, 0.15) is 5.82 Å². The predicted octanol–water partition coefficient (Wildman–Crippen LogP) is 3.60. The highest BCUT2D eigenvalue weighted by Gasteiger charge is 2.15. The Balaban J connectivity index is 2.84. The van der Waals surface area contributed by atoms with Crippen LogP contribution in [0, 0.1) is 0 Å². The molecule has 0 saturated heterocycles. The van der Waals surface area contributed by atoms with Gasteiger partial charge in [-0.15, -0.1) is 0 Å². The first-order valence-corrected chi connectivity index (χ1v) is 7.09. The van der Waals surface area contributed by atoms with Crippen LogP contribution in [-0.4, -0.2) is 17.6 Å². The van der Waals surface area contributed by atoms with E-state index in [1.807, 2.05) is 12.3 Å². The maximum Gasteiger partial charge on any atom is 0.147 e. The molecule has 0 aromatic carbocycles. The highest BCUT2D eigenvalue weighted by molar-refractivity contribution is 6.33. The van der Waals surface area contributed by atoms with Crippen molar-refractivity contribution in [1.29, 1.82) is 0 Å². The molecule has 0 saturated carbocycles. The van der Waals surface area contributed by atoms with E-state index in [0.717, 1.165) is 17.9 Å². The zero-order chi connectivity index (χ0) is 13.5. The molecule has 1 aromatic rings. The van der Waals surface area contributed by atoms with E-state index in [1.165, 1.54) is 19.3 Å². The van der Waals surface area contributed by atoms with Crippen LogP contribution in [0.3, 0.4) is 0 Å². The van der Waals surface area contributed by atoms with E-state index in [1.54, 1.807) is 0 Å². The maximum absolute atomic E-state index is 6.30. The van der Waals surface area contributed by atoms with Crippen LogP contribution >= 0.6 is 11.6 Å². The van der Waals surface area contributed by atoms with Gasteiger partial charge in [-0.1, -0.05) is 31.4 Å². The van der Waals surface area contributed by atoms with Gasteiger partial charge >= 0.3 is 0 Å². The molecule has 0 spiro atoms. The van der Waals surface area contributed by atoms with Gasteiger partial charge in [0.05, 0.1) is 5.02 Å². The molecule has 0 amide bonds. The molecule has 3 nitrogen and oxygen atoms in total. The number of hydrogen-bond donors (Lipinski definition) is 1. The Morgan fingerprint density at radius 1 is 1.39 bits per heavy atom. The van der Waals surface area contributed by atoms with Gasteiger partial charge in [0.2, 0.25) is 0 Å². The summed E-state index contributed by atoms with van der Waals surface area (Å²) < 4.78 is 0. The van der Waals surface area contributed by atoms with Crippen LogP contribution in [0.25, 0.3) is 0 Å². The van der Waals surface area contributed by atoms with Crippen molar-refractivity contribution in [2.75, 3.05) is 11.4 Å². The highest BCUT2D eigenvalue weighted by atomic mass is 35.5. The molecule has 0 bridgehead atoms. The lowest BCUT2D eigenvalue weighted by molar-refractivity contribution is 0.620. The fourth-order valence-corrected chi connectivity index (χ4v) is 2.23. The second kappa shape index (κ2) is 7.59. The smallest absolute Gasteiger partial charge is 0.147 e. The monoisotopic (exact) mass is 269 g/mol. The Bertz CT molecular complexity index is 366. The first-order chi connectivity index (χ1) is 8.60. The van der Waals surface area contributed by atoms with Crippen molar-refractivity contribution in [3.63, 3.8) is 0 Å². The number of aromatic nitrogens is 1. The largest absolute Gasteiger partial charge is 0.353 e. The van der Waals surface area contributed by atoms with Gasteiger partial charge in [-0.05, 0) is 31.9 Å². The molecule has 0 aliphatic heterocycles. The van der Waals surface area contributed by atoms with Gasteiger partial charge in [0.15, 0.2) is 0 Å². The van der Waals surface area contributed by atoms with Crippen LogP contribution in [0.1, 0.15) is 45.6 Å². The van der Waals surface area contributed by atoms with E-state index in [2.05, 4.69) is 30.7 Å². The molecule has 0 atom stereocenters. The molecule has 0 radical (unpaired) electrons. The third-order valence-electron chi connectivity index (χ3n) is 3.01. The Kier molecular flexibility index (Phi) is 6.44. The van der Waals surface area contributed by atoms with Crippen molar-refractivity contribution >= 4 is 17.4 Å². The van der Waals surface area contributed by atoms with Crippen LogP contribution in [0.4, 0.5) is 5.82 Å². The van der Waals surface area contributed by atoms with E-state index >= 15 is 0 Å². The summed E-state index contributed by atoms with van der Waals surface area (Å²) in [6.45, 7) is 8.02. The second-order valence-corrected chi connectivity index (χ2v) is 5.25. The molecule has 1 aromatic heterocycles. The van der Waals surface area contributed by atoms with Crippen LogP contribution in [-0.2, 0) is 6.54 Å². The molecule has 1 heterocycles. The van der Waals surface area contributed by atoms with Crippen LogP contribution in [0.5, 0.6) is 0 Å². The molecule has 2 N–H and O–H groups in total. The van der Waals surface area contributed by atoms with Gasteiger partial charge < -0.3 is 10.6 Å². The van der Waals surface area contributed by atoms with Gasteiger partial charge in [0, 0.05) is 25.3 Å². The average molecular weight is 270 g/mol. The summed E-state index contributed by atoms with van der Waals surface area (Å²) in [7, 11) is 0. The van der Waals surface area contributed by atoms with Crippen molar-refractivity contribution in [1.82, 2.24) is 4.98 Å². The summed E-state index contributed by atoms with van der Waals surface area (Å²) in [5, 5.41) is 0.697. The minimum atomic E-state index is 0.399. The zero-order valence-corrected chi connectivity index (χ0v) is 12.4. The third-order valence-corrected chi connectivity index (χ3v) is 3.29. The van der Waals surface area contributed by atoms with Gasteiger partial charge in [0.25, 0.3) is 0 Å². The Morgan fingerprint density at radius 2 is 2.11 bits per heavy atom. The predicted molar refractivity (Wildman–Crippen MR) is 79.1 cm³/mol. The summed E-state index contributed by atoms with van der Waals surface area (Å²) in [5.74, 6) is 0.875. The van der Waals surface area contributed by atoms with Gasteiger partial charge in [-0.3, -0.25) is 0 Å². The number of anilines is 1. The number of rotatable bonds is 7. The lowest BCUT2D eigenvalue weighted by atomic mass is 10.2. The molecule has 0 unspecified atom stereocenters. The molecule has 0 aliphatic rings. The first-order valence-electron chi connectivity index (χ1n) is 6.71. The molecule has 18 heavy (non-hydrogen) atoms.